The monoisotopic (exact) mass is 289 g/mol. The third-order valence-corrected chi connectivity index (χ3v) is 2.67. The molecule has 0 radical (unpaired) electrons. The number of hydrogen-bond donors (Lipinski definition) is 2. The SMILES string of the molecule is CCNC(=O)CN(CC)C(=O)c1cncc(C#CCO)c1. The van der Waals surface area contributed by atoms with E-state index < -0.39 is 0 Å². The van der Waals surface area contributed by atoms with Crippen molar-refractivity contribution in [2.75, 3.05) is 26.2 Å². The van der Waals surface area contributed by atoms with Crippen molar-refractivity contribution in [1.29, 1.82) is 0 Å². The molecule has 0 aliphatic heterocycles. The molecule has 0 unspecified atom stereocenters. The number of nitrogens with one attached hydrogen (secondary N) is 1. The molecular formula is C15H19N3O3. The van der Waals surface area contributed by atoms with Crippen molar-refractivity contribution >= 4 is 11.8 Å². The van der Waals surface area contributed by atoms with E-state index in [-0.39, 0.29) is 25.0 Å². The Labute approximate surface area is 124 Å². The molecule has 0 aromatic carbocycles. The highest BCUT2D eigenvalue weighted by molar-refractivity contribution is 5.96. The molecule has 21 heavy (non-hydrogen) atoms. The van der Waals surface area contributed by atoms with E-state index in [2.05, 4.69) is 22.1 Å². The maximum Gasteiger partial charge on any atom is 0.255 e. The van der Waals surface area contributed by atoms with Crippen molar-refractivity contribution in [2.45, 2.75) is 13.8 Å². The number of carbonyl (C=O) groups is 2. The number of aromatic nitrogens is 1. The minimum Gasteiger partial charge on any atom is -0.384 e. The molecule has 0 spiro atoms. The van der Waals surface area contributed by atoms with Gasteiger partial charge in [-0.2, -0.15) is 0 Å². The van der Waals surface area contributed by atoms with Gasteiger partial charge < -0.3 is 15.3 Å². The van der Waals surface area contributed by atoms with Crippen molar-refractivity contribution in [2.24, 2.45) is 0 Å². The van der Waals surface area contributed by atoms with Gasteiger partial charge in [0, 0.05) is 31.0 Å². The Morgan fingerprint density at radius 2 is 2.14 bits per heavy atom. The van der Waals surface area contributed by atoms with Gasteiger partial charge in [0.1, 0.15) is 6.61 Å². The molecule has 0 saturated carbocycles. The molecule has 2 amide bonds. The molecule has 1 heterocycles. The highest BCUT2D eigenvalue weighted by Crippen LogP contribution is 2.06. The zero-order valence-electron chi connectivity index (χ0n) is 12.2. The van der Waals surface area contributed by atoms with E-state index in [9.17, 15) is 9.59 Å². The fraction of sp³-hybridized carbons (Fsp3) is 0.400. The van der Waals surface area contributed by atoms with Gasteiger partial charge in [0.05, 0.1) is 12.1 Å². The Balaban J connectivity index is 2.87. The van der Waals surface area contributed by atoms with Gasteiger partial charge in [0.25, 0.3) is 5.91 Å². The largest absolute Gasteiger partial charge is 0.384 e. The first-order valence-corrected chi connectivity index (χ1v) is 6.73. The van der Waals surface area contributed by atoms with Crippen molar-refractivity contribution in [3.05, 3.63) is 29.6 Å². The summed E-state index contributed by atoms with van der Waals surface area (Å²) in [5, 5.41) is 11.3. The number of rotatable bonds is 5. The number of nitrogens with zero attached hydrogens (tertiary/aromatic N) is 2. The molecule has 1 aromatic rings. The summed E-state index contributed by atoms with van der Waals surface area (Å²) in [4.78, 5) is 29.3. The Morgan fingerprint density at radius 3 is 2.76 bits per heavy atom. The summed E-state index contributed by atoms with van der Waals surface area (Å²) >= 11 is 0. The number of aliphatic hydroxyl groups is 1. The average molecular weight is 289 g/mol. The maximum absolute atomic E-state index is 12.4. The third-order valence-electron chi connectivity index (χ3n) is 2.67. The van der Waals surface area contributed by atoms with Crippen LogP contribution in [0.25, 0.3) is 0 Å². The average Bonchev–Trinajstić information content (AvgIpc) is 2.50. The lowest BCUT2D eigenvalue weighted by atomic mass is 10.2. The molecule has 1 aromatic heterocycles. The van der Waals surface area contributed by atoms with Gasteiger partial charge in [-0.1, -0.05) is 11.8 Å². The lowest BCUT2D eigenvalue weighted by molar-refractivity contribution is -0.121. The molecule has 0 saturated heterocycles. The summed E-state index contributed by atoms with van der Waals surface area (Å²) in [6.07, 6.45) is 2.95. The summed E-state index contributed by atoms with van der Waals surface area (Å²) in [7, 11) is 0. The van der Waals surface area contributed by atoms with Gasteiger partial charge in [0.15, 0.2) is 0 Å². The Bertz CT molecular complexity index is 561. The summed E-state index contributed by atoms with van der Waals surface area (Å²) in [6.45, 7) is 4.33. The van der Waals surface area contributed by atoms with E-state index in [1.165, 1.54) is 17.3 Å². The first kappa shape index (κ1) is 16.7. The summed E-state index contributed by atoms with van der Waals surface area (Å²) in [6, 6.07) is 1.60. The summed E-state index contributed by atoms with van der Waals surface area (Å²) in [5.41, 5.74) is 0.912. The Kier molecular flexibility index (Phi) is 6.92. The van der Waals surface area contributed by atoms with Crippen LogP contribution in [0.15, 0.2) is 18.5 Å². The first-order valence-electron chi connectivity index (χ1n) is 6.73. The van der Waals surface area contributed by atoms with Crippen LogP contribution in [0.1, 0.15) is 29.8 Å². The zero-order chi connectivity index (χ0) is 15.7. The predicted octanol–water partition coefficient (Wildman–Crippen LogP) is 0.0236. The van der Waals surface area contributed by atoms with Crippen LogP contribution in [-0.4, -0.2) is 53.0 Å². The molecule has 2 N–H and O–H groups in total. The van der Waals surface area contributed by atoms with Crippen LogP contribution in [0, 0.1) is 11.8 Å². The van der Waals surface area contributed by atoms with E-state index in [4.69, 9.17) is 5.11 Å². The number of hydrogen-bond acceptors (Lipinski definition) is 4. The first-order chi connectivity index (χ1) is 10.1. The second-order valence-corrected chi connectivity index (χ2v) is 4.20. The van der Waals surface area contributed by atoms with Crippen molar-refractivity contribution in [1.82, 2.24) is 15.2 Å². The Morgan fingerprint density at radius 1 is 1.38 bits per heavy atom. The van der Waals surface area contributed by atoms with Crippen LogP contribution in [0.4, 0.5) is 0 Å². The second kappa shape index (κ2) is 8.72. The van der Waals surface area contributed by atoms with Crippen molar-refractivity contribution in [3.63, 3.8) is 0 Å². The number of pyridine rings is 1. The zero-order valence-corrected chi connectivity index (χ0v) is 12.2. The predicted molar refractivity (Wildman–Crippen MR) is 78.5 cm³/mol. The molecule has 112 valence electrons. The van der Waals surface area contributed by atoms with Crippen LogP contribution < -0.4 is 5.32 Å². The molecule has 6 nitrogen and oxygen atoms in total. The molecule has 0 fully saturated rings. The lowest BCUT2D eigenvalue weighted by Crippen LogP contribution is -2.40. The molecule has 1 rings (SSSR count). The Hall–Kier alpha value is -2.39. The topological polar surface area (TPSA) is 82.5 Å². The fourth-order valence-corrected chi connectivity index (χ4v) is 1.70. The number of aliphatic hydroxyl groups excluding tert-OH is 1. The standard InChI is InChI=1S/C15H19N3O3/c1-3-17-14(20)11-18(4-2)15(21)13-8-12(6-5-7-19)9-16-10-13/h8-10,19H,3-4,7,11H2,1-2H3,(H,17,20). The van der Waals surface area contributed by atoms with Gasteiger partial charge in [-0.25, -0.2) is 0 Å². The fourth-order valence-electron chi connectivity index (χ4n) is 1.70. The van der Waals surface area contributed by atoms with E-state index in [1.54, 1.807) is 13.0 Å². The molecule has 0 atom stereocenters. The normalized spacial score (nSPS) is 9.48. The highest BCUT2D eigenvalue weighted by Gasteiger charge is 2.17. The molecule has 0 aliphatic carbocycles. The van der Waals surface area contributed by atoms with Crippen LogP contribution >= 0.6 is 0 Å². The molecule has 6 heteroatoms. The van der Waals surface area contributed by atoms with E-state index in [0.29, 0.717) is 24.2 Å². The van der Waals surface area contributed by atoms with Gasteiger partial charge in [-0.3, -0.25) is 14.6 Å². The van der Waals surface area contributed by atoms with Gasteiger partial charge in [0.2, 0.25) is 5.91 Å². The minimum atomic E-state index is -0.274. The lowest BCUT2D eigenvalue weighted by Gasteiger charge is -2.20. The van der Waals surface area contributed by atoms with Gasteiger partial charge >= 0.3 is 0 Å². The van der Waals surface area contributed by atoms with Crippen LogP contribution in [0.5, 0.6) is 0 Å². The van der Waals surface area contributed by atoms with Crippen LogP contribution in [0.3, 0.4) is 0 Å². The summed E-state index contributed by atoms with van der Waals surface area (Å²) < 4.78 is 0. The quantitative estimate of drug-likeness (QED) is 0.749. The molecular weight excluding hydrogens is 270 g/mol. The third kappa shape index (κ3) is 5.24. The van der Waals surface area contributed by atoms with Crippen LogP contribution in [-0.2, 0) is 4.79 Å². The van der Waals surface area contributed by atoms with Crippen molar-refractivity contribution in [3.8, 4) is 11.8 Å². The minimum absolute atomic E-state index is 0.00964. The van der Waals surface area contributed by atoms with E-state index in [0.717, 1.165) is 0 Å². The van der Waals surface area contributed by atoms with Gasteiger partial charge in [-0.15, -0.1) is 0 Å². The van der Waals surface area contributed by atoms with Crippen LogP contribution in [0.2, 0.25) is 0 Å². The number of amides is 2. The van der Waals surface area contributed by atoms with Crippen molar-refractivity contribution < 1.29 is 14.7 Å². The van der Waals surface area contributed by atoms with E-state index >= 15 is 0 Å². The number of carbonyl (C=O) groups excluding carboxylic acids is 2. The molecule has 0 bridgehead atoms. The molecule has 0 aliphatic rings. The highest BCUT2D eigenvalue weighted by atomic mass is 16.2. The second-order valence-electron chi connectivity index (χ2n) is 4.20. The summed E-state index contributed by atoms with van der Waals surface area (Å²) in [5.74, 6) is 4.72. The smallest absolute Gasteiger partial charge is 0.255 e. The number of likely N-dealkylation sites (N-methyl/N-ethyl adjacent to an activating group) is 2. The van der Waals surface area contributed by atoms with Gasteiger partial charge in [-0.05, 0) is 19.9 Å². The maximum atomic E-state index is 12.4. The van der Waals surface area contributed by atoms with E-state index in [1.807, 2.05) is 6.92 Å².